The molecule has 2 amide bonds. The van der Waals surface area contributed by atoms with E-state index in [0.717, 1.165) is 3.79 Å². The second-order valence-electron chi connectivity index (χ2n) is 4.38. The zero-order valence-electron chi connectivity index (χ0n) is 11.7. The van der Waals surface area contributed by atoms with Crippen molar-refractivity contribution in [3.8, 4) is 5.75 Å². The lowest BCUT2D eigenvalue weighted by atomic mass is 10.3. The Labute approximate surface area is 152 Å². The molecule has 0 aliphatic rings. The summed E-state index contributed by atoms with van der Waals surface area (Å²) in [7, 11) is 0. The number of carbonyl (C=O) groups excluding carboxylic acids is 2. The number of carbonyl (C=O) groups is 2. The van der Waals surface area contributed by atoms with Crippen LogP contribution in [0.1, 0.15) is 16.6 Å². The molecule has 1 aromatic carbocycles. The summed E-state index contributed by atoms with van der Waals surface area (Å²) in [5.74, 6) is -1.06. The number of hydrazine groups is 1. The predicted octanol–water partition coefficient (Wildman–Crippen LogP) is 3.64. The Hall–Kier alpha value is -1.45. The minimum Gasteiger partial charge on any atom is -0.480 e. The van der Waals surface area contributed by atoms with Crippen molar-refractivity contribution in [3.05, 3.63) is 49.3 Å². The van der Waals surface area contributed by atoms with E-state index in [9.17, 15) is 14.0 Å². The second kappa shape index (κ2) is 7.89. The molecule has 9 heteroatoms. The van der Waals surface area contributed by atoms with Crippen molar-refractivity contribution >= 4 is 55.0 Å². The van der Waals surface area contributed by atoms with Crippen LogP contribution in [0.2, 0.25) is 0 Å². The van der Waals surface area contributed by atoms with Crippen LogP contribution in [-0.4, -0.2) is 17.9 Å². The zero-order valence-corrected chi connectivity index (χ0v) is 15.7. The molecular formula is C14H11Br2FN2O3S. The Morgan fingerprint density at radius 2 is 1.96 bits per heavy atom. The minimum atomic E-state index is -0.882. The first-order chi connectivity index (χ1) is 10.9. The van der Waals surface area contributed by atoms with Gasteiger partial charge in [0, 0.05) is 0 Å². The fraction of sp³-hybridized carbons (Fsp3) is 0.143. The van der Waals surface area contributed by atoms with E-state index in [4.69, 9.17) is 4.74 Å². The van der Waals surface area contributed by atoms with Crippen molar-refractivity contribution in [3.63, 3.8) is 0 Å². The number of rotatable bonds is 4. The van der Waals surface area contributed by atoms with Gasteiger partial charge in [0.25, 0.3) is 11.8 Å². The molecule has 0 radical (unpaired) electrons. The number of benzene rings is 1. The van der Waals surface area contributed by atoms with Crippen LogP contribution in [0.5, 0.6) is 5.75 Å². The van der Waals surface area contributed by atoms with Gasteiger partial charge in [0.2, 0.25) is 0 Å². The maximum Gasteiger partial charge on any atom is 0.279 e. The molecule has 1 unspecified atom stereocenters. The number of amides is 2. The van der Waals surface area contributed by atoms with Crippen molar-refractivity contribution in [1.29, 1.82) is 0 Å². The van der Waals surface area contributed by atoms with Gasteiger partial charge in [-0.2, -0.15) is 0 Å². The molecule has 0 saturated carbocycles. The average molecular weight is 466 g/mol. The van der Waals surface area contributed by atoms with Crippen LogP contribution in [0.15, 0.2) is 38.6 Å². The summed E-state index contributed by atoms with van der Waals surface area (Å²) in [5, 5.41) is 0. The highest BCUT2D eigenvalue weighted by atomic mass is 79.9. The Kier molecular flexibility index (Phi) is 6.14. The van der Waals surface area contributed by atoms with Crippen LogP contribution in [0.25, 0.3) is 0 Å². The third kappa shape index (κ3) is 5.02. The van der Waals surface area contributed by atoms with Crippen LogP contribution in [0.3, 0.4) is 0 Å². The molecule has 0 saturated heterocycles. The molecule has 2 rings (SSSR count). The van der Waals surface area contributed by atoms with Crippen molar-refractivity contribution < 1.29 is 18.7 Å². The highest BCUT2D eigenvalue weighted by molar-refractivity contribution is 9.11. The van der Waals surface area contributed by atoms with E-state index in [-0.39, 0.29) is 0 Å². The van der Waals surface area contributed by atoms with Gasteiger partial charge in [0.15, 0.2) is 6.10 Å². The highest BCUT2D eigenvalue weighted by Gasteiger charge is 2.17. The Morgan fingerprint density at radius 1 is 1.22 bits per heavy atom. The van der Waals surface area contributed by atoms with Crippen LogP contribution in [-0.2, 0) is 4.79 Å². The molecule has 0 aliphatic heterocycles. The van der Waals surface area contributed by atoms with Crippen molar-refractivity contribution in [1.82, 2.24) is 10.9 Å². The molecule has 122 valence electrons. The number of thiophene rings is 1. The van der Waals surface area contributed by atoms with Gasteiger partial charge in [0.05, 0.1) is 13.1 Å². The SMILES string of the molecule is CC(Oc1ccc(F)cc1Br)C(=O)NNC(=O)c1ccc(Br)s1. The summed E-state index contributed by atoms with van der Waals surface area (Å²) < 4.78 is 19.6. The lowest BCUT2D eigenvalue weighted by Crippen LogP contribution is -2.47. The van der Waals surface area contributed by atoms with Gasteiger partial charge < -0.3 is 4.74 Å². The molecule has 2 N–H and O–H groups in total. The molecule has 0 spiro atoms. The molecular weight excluding hydrogens is 455 g/mol. The first kappa shape index (κ1) is 17.9. The Morgan fingerprint density at radius 3 is 2.57 bits per heavy atom. The van der Waals surface area contributed by atoms with E-state index in [0.29, 0.717) is 15.1 Å². The van der Waals surface area contributed by atoms with E-state index >= 15 is 0 Å². The molecule has 2 aromatic rings. The maximum absolute atomic E-state index is 13.0. The number of ether oxygens (including phenoxy) is 1. The normalized spacial score (nSPS) is 11.7. The predicted molar refractivity (Wildman–Crippen MR) is 91.8 cm³/mol. The first-order valence-electron chi connectivity index (χ1n) is 6.34. The fourth-order valence-corrected chi connectivity index (χ4v) is 3.26. The van der Waals surface area contributed by atoms with Gasteiger partial charge in [-0.3, -0.25) is 20.4 Å². The molecule has 0 bridgehead atoms. The number of hydrogen-bond acceptors (Lipinski definition) is 4. The van der Waals surface area contributed by atoms with Gasteiger partial charge in [0.1, 0.15) is 11.6 Å². The molecule has 5 nitrogen and oxygen atoms in total. The minimum absolute atomic E-state index is 0.322. The van der Waals surface area contributed by atoms with Gasteiger partial charge >= 0.3 is 0 Å². The van der Waals surface area contributed by atoms with E-state index < -0.39 is 23.7 Å². The van der Waals surface area contributed by atoms with Crippen molar-refractivity contribution in [2.24, 2.45) is 0 Å². The third-order valence-corrected chi connectivity index (χ3v) is 4.91. The largest absolute Gasteiger partial charge is 0.480 e. The third-order valence-electron chi connectivity index (χ3n) is 2.66. The molecule has 0 fully saturated rings. The summed E-state index contributed by atoms with van der Waals surface area (Å²) in [6.45, 7) is 1.51. The molecule has 23 heavy (non-hydrogen) atoms. The lowest BCUT2D eigenvalue weighted by molar-refractivity contribution is -0.128. The molecule has 1 heterocycles. The molecule has 1 aromatic heterocycles. The smallest absolute Gasteiger partial charge is 0.279 e. The van der Waals surface area contributed by atoms with Gasteiger partial charge in [-0.1, -0.05) is 0 Å². The van der Waals surface area contributed by atoms with Crippen LogP contribution in [0.4, 0.5) is 4.39 Å². The van der Waals surface area contributed by atoms with Crippen molar-refractivity contribution in [2.75, 3.05) is 0 Å². The molecule has 0 aliphatic carbocycles. The highest BCUT2D eigenvalue weighted by Crippen LogP contribution is 2.26. The zero-order chi connectivity index (χ0) is 17.0. The summed E-state index contributed by atoms with van der Waals surface area (Å²) in [6.07, 6.45) is -0.882. The van der Waals surface area contributed by atoms with Crippen LogP contribution >= 0.6 is 43.2 Å². The Balaban J connectivity index is 1.88. The summed E-state index contributed by atoms with van der Waals surface area (Å²) in [4.78, 5) is 24.2. The number of hydrogen-bond donors (Lipinski definition) is 2. The quantitative estimate of drug-likeness (QED) is 0.677. The van der Waals surface area contributed by atoms with E-state index in [2.05, 4.69) is 42.7 Å². The van der Waals surface area contributed by atoms with Gasteiger partial charge in [-0.15, -0.1) is 11.3 Å². The topological polar surface area (TPSA) is 67.4 Å². The van der Waals surface area contributed by atoms with E-state index in [1.54, 1.807) is 12.1 Å². The maximum atomic E-state index is 13.0. The van der Waals surface area contributed by atoms with Gasteiger partial charge in [-0.25, -0.2) is 4.39 Å². The summed E-state index contributed by atoms with van der Waals surface area (Å²) in [5.41, 5.74) is 4.58. The Bertz CT molecular complexity index is 739. The standard InChI is InChI=1S/C14H11Br2FN2O3S/c1-7(22-10-3-2-8(17)6-9(10)15)13(20)18-19-14(21)11-4-5-12(16)23-11/h2-7H,1H3,(H,18,20)(H,19,21). The van der Waals surface area contributed by atoms with Crippen LogP contribution in [0, 0.1) is 5.82 Å². The monoisotopic (exact) mass is 464 g/mol. The number of halogens is 3. The first-order valence-corrected chi connectivity index (χ1v) is 8.74. The fourth-order valence-electron chi connectivity index (χ4n) is 1.53. The van der Waals surface area contributed by atoms with Crippen LogP contribution < -0.4 is 15.6 Å². The molecule has 1 atom stereocenters. The van der Waals surface area contributed by atoms with Gasteiger partial charge in [-0.05, 0) is 69.1 Å². The van der Waals surface area contributed by atoms with E-state index in [1.807, 2.05) is 0 Å². The average Bonchev–Trinajstić information content (AvgIpc) is 2.93. The van der Waals surface area contributed by atoms with Crippen molar-refractivity contribution in [2.45, 2.75) is 13.0 Å². The lowest BCUT2D eigenvalue weighted by Gasteiger charge is -2.15. The number of nitrogens with one attached hydrogen (secondary N) is 2. The summed E-state index contributed by atoms with van der Waals surface area (Å²) >= 11 is 7.65. The summed E-state index contributed by atoms with van der Waals surface area (Å²) in [6, 6.07) is 7.23. The second-order valence-corrected chi connectivity index (χ2v) is 7.70. The van der Waals surface area contributed by atoms with E-state index in [1.165, 1.54) is 36.5 Å².